The fourth-order valence-electron chi connectivity index (χ4n) is 1.88. The van der Waals surface area contributed by atoms with Crippen LogP contribution < -0.4 is 11.1 Å². The first-order chi connectivity index (χ1) is 9.65. The van der Waals surface area contributed by atoms with E-state index >= 15 is 0 Å². The lowest BCUT2D eigenvalue weighted by molar-refractivity contribution is -0.116. The quantitative estimate of drug-likeness (QED) is 0.873. The fraction of sp³-hybridized carbons (Fsp3) is 0.125. The maximum atomic E-state index is 11.8. The lowest BCUT2D eigenvalue weighted by Crippen LogP contribution is -2.14. The number of hydrogen-bond donors (Lipinski definition) is 2. The summed E-state index contributed by atoms with van der Waals surface area (Å²) in [6.07, 6.45) is 1.08. The molecule has 2 aromatic rings. The van der Waals surface area contributed by atoms with Crippen LogP contribution in [-0.2, 0) is 11.2 Å². The molecule has 0 aliphatic carbocycles. The van der Waals surface area contributed by atoms with Gasteiger partial charge < -0.3 is 11.1 Å². The minimum Gasteiger partial charge on any atom is -0.366 e. The maximum Gasteiger partial charge on any atom is 0.248 e. The number of rotatable bonds is 5. The van der Waals surface area contributed by atoms with Crippen LogP contribution in [0.2, 0.25) is 0 Å². The molecule has 0 heterocycles. The van der Waals surface area contributed by atoms with E-state index in [9.17, 15) is 9.59 Å². The zero-order chi connectivity index (χ0) is 14.4. The smallest absolute Gasteiger partial charge is 0.248 e. The lowest BCUT2D eigenvalue weighted by Gasteiger charge is -2.06. The first kappa shape index (κ1) is 13.8. The van der Waals surface area contributed by atoms with Crippen LogP contribution >= 0.6 is 0 Å². The highest BCUT2D eigenvalue weighted by Gasteiger charge is 2.05. The van der Waals surface area contributed by atoms with Gasteiger partial charge in [-0.2, -0.15) is 0 Å². The molecule has 0 atom stereocenters. The summed E-state index contributed by atoms with van der Waals surface area (Å²) in [7, 11) is 0. The van der Waals surface area contributed by atoms with Gasteiger partial charge in [-0.25, -0.2) is 0 Å². The minimum absolute atomic E-state index is 0.0875. The molecule has 20 heavy (non-hydrogen) atoms. The topological polar surface area (TPSA) is 72.2 Å². The minimum atomic E-state index is -0.509. The van der Waals surface area contributed by atoms with E-state index in [0.29, 0.717) is 24.1 Å². The van der Waals surface area contributed by atoms with Crippen LogP contribution in [0.25, 0.3) is 0 Å². The third-order valence-electron chi connectivity index (χ3n) is 2.91. The number of hydrogen-bond acceptors (Lipinski definition) is 2. The Kier molecular flexibility index (Phi) is 4.50. The Hall–Kier alpha value is -2.62. The summed E-state index contributed by atoms with van der Waals surface area (Å²) >= 11 is 0. The van der Waals surface area contributed by atoms with Crippen LogP contribution in [0.15, 0.2) is 54.6 Å². The third-order valence-corrected chi connectivity index (χ3v) is 2.91. The summed E-state index contributed by atoms with van der Waals surface area (Å²) < 4.78 is 0. The van der Waals surface area contributed by atoms with E-state index in [4.69, 9.17) is 5.73 Å². The Bertz CT molecular complexity index is 609. The molecule has 3 N–H and O–H groups in total. The summed E-state index contributed by atoms with van der Waals surface area (Å²) in [5.41, 5.74) is 7.28. The number of nitrogens with one attached hydrogen (secondary N) is 1. The molecule has 0 bridgehead atoms. The highest BCUT2D eigenvalue weighted by molar-refractivity contribution is 5.96. The number of anilines is 1. The molecular weight excluding hydrogens is 252 g/mol. The molecular formula is C16H16N2O2. The highest BCUT2D eigenvalue weighted by Crippen LogP contribution is 2.11. The molecule has 0 unspecified atom stereocenters. The van der Waals surface area contributed by atoms with Crippen LogP contribution in [0.4, 0.5) is 5.69 Å². The van der Waals surface area contributed by atoms with Gasteiger partial charge in [-0.15, -0.1) is 0 Å². The Morgan fingerprint density at radius 1 is 1.00 bits per heavy atom. The average molecular weight is 268 g/mol. The van der Waals surface area contributed by atoms with Crippen molar-refractivity contribution < 1.29 is 9.59 Å². The zero-order valence-corrected chi connectivity index (χ0v) is 11.0. The van der Waals surface area contributed by atoms with Gasteiger partial charge in [0.1, 0.15) is 0 Å². The van der Waals surface area contributed by atoms with Crippen molar-refractivity contribution in [2.45, 2.75) is 12.8 Å². The number of aryl methyl sites for hydroxylation is 1. The molecule has 2 aromatic carbocycles. The van der Waals surface area contributed by atoms with E-state index in [1.54, 1.807) is 24.3 Å². The van der Waals surface area contributed by atoms with Crippen LogP contribution in [0.3, 0.4) is 0 Å². The number of carbonyl (C=O) groups excluding carboxylic acids is 2. The molecule has 0 aromatic heterocycles. The Labute approximate surface area is 117 Å². The Morgan fingerprint density at radius 3 is 2.45 bits per heavy atom. The maximum absolute atomic E-state index is 11.8. The number of primary amides is 1. The van der Waals surface area contributed by atoms with E-state index in [-0.39, 0.29) is 5.91 Å². The zero-order valence-electron chi connectivity index (χ0n) is 11.0. The van der Waals surface area contributed by atoms with Crippen LogP contribution in [0.1, 0.15) is 22.3 Å². The largest absolute Gasteiger partial charge is 0.366 e. The van der Waals surface area contributed by atoms with E-state index < -0.39 is 5.91 Å². The van der Waals surface area contributed by atoms with Gasteiger partial charge in [0, 0.05) is 17.7 Å². The van der Waals surface area contributed by atoms with Gasteiger partial charge in [-0.3, -0.25) is 9.59 Å². The molecule has 2 amide bonds. The van der Waals surface area contributed by atoms with Gasteiger partial charge >= 0.3 is 0 Å². The van der Waals surface area contributed by atoms with Gasteiger partial charge in [0.15, 0.2) is 0 Å². The predicted octanol–water partition coefficient (Wildman–Crippen LogP) is 2.36. The molecule has 0 saturated heterocycles. The van der Waals surface area contributed by atoms with Crippen molar-refractivity contribution in [1.29, 1.82) is 0 Å². The van der Waals surface area contributed by atoms with E-state index in [1.807, 2.05) is 30.3 Å². The Balaban J connectivity index is 1.91. The first-order valence-electron chi connectivity index (χ1n) is 6.39. The van der Waals surface area contributed by atoms with Gasteiger partial charge in [-0.1, -0.05) is 36.4 Å². The molecule has 0 saturated carbocycles. The van der Waals surface area contributed by atoms with Crippen LogP contribution in [-0.4, -0.2) is 11.8 Å². The molecule has 0 radical (unpaired) electrons. The fourth-order valence-corrected chi connectivity index (χ4v) is 1.88. The first-order valence-corrected chi connectivity index (χ1v) is 6.39. The number of nitrogens with two attached hydrogens (primary N) is 1. The van der Waals surface area contributed by atoms with Crippen molar-refractivity contribution >= 4 is 17.5 Å². The molecule has 4 nitrogen and oxygen atoms in total. The van der Waals surface area contributed by atoms with Crippen molar-refractivity contribution in [3.63, 3.8) is 0 Å². The SMILES string of the molecule is NC(=O)c1cccc(NC(=O)CCc2ccccc2)c1. The molecule has 4 heteroatoms. The second-order valence-electron chi connectivity index (χ2n) is 4.48. The van der Waals surface area contributed by atoms with Crippen molar-refractivity contribution in [3.8, 4) is 0 Å². The third kappa shape index (κ3) is 3.95. The van der Waals surface area contributed by atoms with Crippen molar-refractivity contribution in [2.24, 2.45) is 5.73 Å². The second kappa shape index (κ2) is 6.52. The Morgan fingerprint density at radius 2 is 1.75 bits per heavy atom. The molecule has 2 rings (SSSR count). The van der Waals surface area contributed by atoms with Crippen LogP contribution in [0, 0.1) is 0 Å². The molecule has 0 spiro atoms. The van der Waals surface area contributed by atoms with Gasteiger partial charge in [0.25, 0.3) is 0 Å². The molecule has 0 fully saturated rings. The molecule has 0 aliphatic rings. The van der Waals surface area contributed by atoms with Gasteiger partial charge in [0.2, 0.25) is 11.8 Å². The molecule has 102 valence electrons. The summed E-state index contributed by atoms with van der Waals surface area (Å²) in [4.78, 5) is 22.9. The standard InChI is InChI=1S/C16H16N2O2/c17-16(20)13-7-4-8-14(11-13)18-15(19)10-9-12-5-2-1-3-6-12/h1-8,11H,9-10H2,(H2,17,20)(H,18,19). The normalized spacial score (nSPS) is 10.0. The summed E-state index contributed by atoms with van der Waals surface area (Å²) in [6, 6.07) is 16.4. The molecule has 0 aliphatic heterocycles. The van der Waals surface area contributed by atoms with Gasteiger partial charge in [-0.05, 0) is 30.2 Å². The summed E-state index contributed by atoms with van der Waals surface area (Å²) in [6.45, 7) is 0. The van der Waals surface area contributed by atoms with Crippen molar-refractivity contribution in [3.05, 3.63) is 65.7 Å². The van der Waals surface area contributed by atoms with E-state index in [0.717, 1.165) is 5.56 Å². The van der Waals surface area contributed by atoms with Gasteiger partial charge in [0.05, 0.1) is 0 Å². The monoisotopic (exact) mass is 268 g/mol. The number of carbonyl (C=O) groups is 2. The lowest BCUT2D eigenvalue weighted by atomic mass is 10.1. The van der Waals surface area contributed by atoms with E-state index in [1.165, 1.54) is 0 Å². The van der Waals surface area contributed by atoms with E-state index in [2.05, 4.69) is 5.32 Å². The summed E-state index contributed by atoms with van der Waals surface area (Å²) in [5.74, 6) is -0.596. The van der Waals surface area contributed by atoms with Crippen LogP contribution in [0.5, 0.6) is 0 Å². The summed E-state index contributed by atoms with van der Waals surface area (Å²) in [5, 5.41) is 2.76. The predicted molar refractivity (Wildman–Crippen MR) is 78.4 cm³/mol. The number of amides is 2. The highest BCUT2D eigenvalue weighted by atomic mass is 16.2. The second-order valence-corrected chi connectivity index (χ2v) is 4.48. The van der Waals surface area contributed by atoms with Crippen molar-refractivity contribution in [1.82, 2.24) is 0 Å². The average Bonchev–Trinajstić information content (AvgIpc) is 2.46. The number of benzene rings is 2. The van der Waals surface area contributed by atoms with Crippen molar-refractivity contribution in [2.75, 3.05) is 5.32 Å².